The van der Waals surface area contributed by atoms with Gasteiger partial charge in [0.05, 0.1) is 17.4 Å². The van der Waals surface area contributed by atoms with Crippen molar-refractivity contribution in [3.05, 3.63) is 0 Å². The molecule has 0 fully saturated rings. The van der Waals surface area contributed by atoms with Gasteiger partial charge in [-0.3, -0.25) is 4.79 Å². The number of primary amides is 1. The van der Waals surface area contributed by atoms with Crippen LogP contribution in [0.25, 0.3) is 0 Å². The Morgan fingerprint density at radius 3 is 2.20 bits per heavy atom. The number of nitrogens with two attached hydrogens (primary N) is 1. The SMILES string of the molecule is CC(CC(N)=O)S(=O)(=O)CCC(F)(F)F. The lowest BCUT2D eigenvalue weighted by Gasteiger charge is -2.12. The third-order valence-electron chi connectivity index (χ3n) is 1.77. The second-order valence-electron chi connectivity index (χ2n) is 3.21. The second-order valence-corrected chi connectivity index (χ2v) is 5.75. The molecule has 8 heteroatoms. The molecule has 0 heterocycles. The summed E-state index contributed by atoms with van der Waals surface area (Å²) in [5.41, 5.74) is 4.75. The highest BCUT2D eigenvalue weighted by atomic mass is 32.2. The Morgan fingerprint density at radius 1 is 1.40 bits per heavy atom. The molecule has 0 radical (unpaired) electrons. The summed E-state index contributed by atoms with van der Waals surface area (Å²) in [5, 5.41) is -1.17. The lowest BCUT2D eigenvalue weighted by Crippen LogP contribution is -2.28. The number of rotatable bonds is 5. The van der Waals surface area contributed by atoms with Crippen molar-refractivity contribution in [2.45, 2.75) is 31.2 Å². The van der Waals surface area contributed by atoms with Gasteiger partial charge in [0.25, 0.3) is 0 Å². The van der Waals surface area contributed by atoms with Gasteiger partial charge in [-0.15, -0.1) is 0 Å². The van der Waals surface area contributed by atoms with Crippen LogP contribution < -0.4 is 5.73 Å². The Labute approximate surface area is 85.6 Å². The van der Waals surface area contributed by atoms with Gasteiger partial charge in [0.2, 0.25) is 5.91 Å². The summed E-state index contributed by atoms with van der Waals surface area (Å²) < 4.78 is 57.7. The standard InChI is InChI=1S/C7H12F3NO3S/c1-5(4-6(11)12)15(13,14)3-2-7(8,9)10/h5H,2-4H2,1H3,(H2,11,12). The first-order valence-corrected chi connectivity index (χ1v) is 5.83. The fraction of sp³-hybridized carbons (Fsp3) is 0.857. The minimum Gasteiger partial charge on any atom is -0.370 e. The van der Waals surface area contributed by atoms with E-state index in [1.165, 1.54) is 0 Å². The molecule has 4 nitrogen and oxygen atoms in total. The Hall–Kier alpha value is -0.790. The largest absolute Gasteiger partial charge is 0.390 e. The molecule has 1 amide bonds. The summed E-state index contributed by atoms with van der Waals surface area (Å²) in [7, 11) is -3.91. The molecule has 0 spiro atoms. The molecule has 90 valence electrons. The summed E-state index contributed by atoms with van der Waals surface area (Å²) in [6.07, 6.45) is -6.38. The van der Waals surface area contributed by atoms with E-state index in [0.29, 0.717) is 0 Å². The van der Waals surface area contributed by atoms with E-state index in [4.69, 9.17) is 5.73 Å². The number of hydrogen-bond donors (Lipinski definition) is 1. The van der Waals surface area contributed by atoms with Crippen molar-refractivity contribution in [1.29, 1.82) is 0 Å². The van der Waals surface area contributed by atoms with Crippen LogP contribution in [0, 0.1) is 0 Å². The van der Waals surface area contributed by atoms with E-state index in [-0.39, 0.29) is 0 Å². The predicted octanol–water partition coefficient (Wildman–Crippen LogP) is 0.617. The highest BCUT2D eigenvalue weighted by molar-refractivity contribution is 7.92. The average molecular weight is 247 g/mol. The van der Waals surface area contributed by atoms with Crippen molar-refractivity contribution < 1.29 is 26.4 Å². The van der Waals surface area contributed by atoms with E-state index >= 15 is 0 Å². The van der Waals surface area contributed by atoms with E-state index in [1.54, 1.807) is 0 Å². The minimum atomic E-state index is -4.51. The lowest BCUT2D eigenvalue weighted by molar-refractivity contribution is -0.129. The Bertz CT molecular complexity index is 323. The van der Waals surface area contributed by atoms with Crippen LogP contribution in [0.3, 0.4) is 0 Å². The van der Waals surface area contributed by atoms with Crippen molar-refractivity contribution in [2.75, 3.05) is 5.75 Å². The van der Waals surface area contributed by atoms with Crippen molar-refractivity contribution in [3.8, 4) is 0 Å². The van der Waals surface area contributed by atoms with Gasteiger partial charge < -0.3 is 5.73 Å². The number of amides is 1. The van der Waals surface area contributed by atoms with Crippen molar-refractivity contribution in [1.82, 2.24) is 0 Å². The molecular weight excluding hydrogens is 235 g/mol. The van der Waals surface area contributed by atoms with Gasteiger partial charge >= 0.3 is 6.18 Å². The van der Waals surface area contributed by atoms with Crippen LogP contribution in [-0.4, -0.2) is 31.5 Å². The summed E-state index contributed by atoms with van der Waals surface area (Å²) >= 11 is 0. The molecule has 2 N–H and O–H groups in total. The normalized spacial score (nSPS) is 14.9. The molecule has 0 aromatic carbocycles. The topological polar surface area (TPSA) is 77.2 Å². The monoisotopic (exact) mass is 247 g/mol. The molecule has 0 saturated heterocycles. The number of hydrogen-bond acceptors (Lipinski definition) is 3. The van der Waals surface area contributed by atoms with Crippen LogP contribution in [0.2, 0.25) is 0 Å². The summed E-state index contributed by atoms with van der Waals surface area (Å²) in [5.74, 6) is -1.86. The molecule has 1 atom stereocenters. The predicted molar refractivity (Wildman–Crippen MR) is 47.7 cm³/mol. The Kier molecular flexibility index (Phi) is 4.57. The zero-order chi connectivity index (χ0) is 12.3. The van der Waals surface area contributed by atoms with E-state index in [0.717, 1.165) is 6.92 Å². The maximum atomic E-state index is 11.8. The fourth-order valence-electron chi connectivity index (χ4n) is 0.869. The van der Waals surface area contributed by atoms with Crippen molar-refractivity contribution in [2.24, 2.45) is 5.73 Å². The molecule has 1 unspecified atom stereocenters. The molecule has 0 rings (SSSR count). The van der Waals surface area contributed by atoms with Crippen LogP contribution in [0.5, 0.6) is 0 Å². The van der Waals surface area contributed by atoms with Gasteiger partial charge in [-0.25, -0.2) is 8.42 Å². The molecule has 0 aliphatic heterocycles. The Morgan fingerprint density at radius 2 is 1.87 bits per heavy atom. The first-order valence-electron chi connectivity index (χ1n) is 4.11. The molecule has 0 aromatic heterocycles. The van der Waals surface area contributed by atoms with Gasteiger partial charge in [-0.1, -0.05) is 0 Å². The molecular formula is C7H12F3NO3S. The molecule has 0 saturated carbocycles. The third kappa shape index (κ3) is 6.32. The third-order valence-corrected chi connectivity index (χ3v) is 3.94. The summed E-state index contributed by atoms with van der Waals surface area (Å²) in [6.45, 7) is 1.16. The van der Waals surface area contributed by atoms with Gasteiger partial charge in [0, 0.05) is 6.42 Å². The molecule has 15 heavy (non-hydrogen) atoms. The van der Waals surface area contributed by atoms with E-state index in [9.17, 15) is 26.4 Å². The van der Waals surface area contributed by atoms with Crippen LogP contribution in [0.4, 0.5) is 13.2 Å². The zero-order valence-electron chi connectivity index (χ0n) is 8.04. The van der Waals surface area contributed by atoms with Gasteiger partial charge in [-0.05, 0) is 6.92 Å². The van der Waals surface area contributed by atoms with Crippen LogP contribution in [-0.2, 0) is 14.6 Å². The van der Waals surface area contributed by atoms with Crippen LogP contribution in [0.15, 0.2) is 0 Å². The van der Waals surface area contributed by atoms with Crippen molar-refractivity contribution >= 4 is 15.7 Å². The van der Waals surface area contributed by atoms with E-state index < -0.39 is 45.8 Å². The quantitative estimate of drug-likeness (QED) is 0.773. The summed E-state index contributed by atoms with van der Waals surface area (Å²) in [6, 6.07) is 0. The van der Waals surface area contributed by atoms with Gasteiger partial charge in [-0.2, -0.15) is 13.2 Å². The maximum absolute atomic E-state index is 11.8. The number of carbonyl (C=O) groups excluding carboxylic acids is 1. The lowest BCUT2D eigenvalue weighted by atomic mass is 10.3. The number of alkyl halides is 3. The smallest absolute Gasteiger partial charge is 0.370 e. The highest BCUT2D eigenvalue weighted by Crippen LogP contribution is 2.21. The van der Waals surface area contributed by atoms with E-state index in [2.05, 4.69) is 0 Å². The van der Waals surface area contributed by atoms with Gasteiger partial charge in [0.1, 0.15) is 0 Å². The average Bonchev–Trinajstić information content (AvgIpc) is 1.98. The second kappa shape index (κ2) is 4.82. The molecule has 0 aliphatic rings. The molecule has 0 bridgehead atoms. The number of carbonyl (C=O) groups is 1. The summed E-state index contributed by atoms with van der Waals surface area (Å²) in [4.78, 5) is 10.4. The maximum Gasteiger partial charge on any atom is 0.390 e. The van der Waals surface area contributed by atoms with E-state index in [1.807, 2.05) is 0 Å². The van der Waals surface area contributed by atoms with Crippen LogP contribution in [0.1, 0.15) is 19.8 Å². The fourth-order valence-corrected chi connectivity index (χ4v) is 2.21. The highest BCUT2D eigenvalue weighted by Gasteiger charge is 2.32. The number of sulfone groups is 1. The zero-order valence-corrected chi connectivity index (χ0v) is 8.86. The van der Waals surface area contributed by atoms with Crippen molar-refractivity contribution in [3.63, 3.8) is 0 Å². The molecule has 0 aliphatic carbocycles. The minimum absolute atomic E-state index is 0.458. The first-order chi connectivity index (χ1) is 6.54. The first kappa shape index (κ1) is 14.2. The van der Waals surface area contributed by atoms with Crippen LogP contribution >= 0.6 is 0 Å². The molecule has 0 aromatic rings. The van der Waals surface area contributed by atoms with Gasteiger partial charge in [0.15, 0.2) is 9.84 Å². The number of halogens is 3. The Balaban J connectivity index is 4.37.